The van der Waals surface area contributed by atoms with Crippen molar-refractivity contribution in [2.24, 2.45) is 0 Å². The summed E-state index contributed by atoms with van der Waals surface area (Å²) in [5.74, 6) is 0. The number of hydrogen-bond donors (Lipinski definition) is 0. The van der Waals surface area contributed by atoms with Gasteiger partial charge in [-0.3, -0.25) is 0 Å². The summed E-state index contributed by atoms with van der Waals surface area (Å²) in [6, 6.07) is 0.528. The first-order chi connectivity index (χ1) is 4.88. The zero-order chi connectivity index (χ0) is 7.40. The molecule has 1 fully saturated rings. The van der Waals surface area contributed by atoms with E-state index in [9.17, 15) is 0 Å². The lowest BCUT2D eigenvalue weighted by molar-refractivity contribution is 0.170. The largest absolute Gasteiger partial charge is 0.383 e. The Morgan fingerprint density at radius 1 is 1.70 bits per heavy atom. The first kappa shape index (κ1) is 7.36. The summed E-state index contributed by atoms with van der Waals surface area (Å²) >= 11 is 0. The molecule has 10 heavy (non-hydrogen) atoms. The van der Waals surface area contributed by atoms with Gasteiger partial charge in [0.2, 0.25) is 0 Å². The fourth-order valence-corrected chi connectivity index (χ4v) is 0.890. The van der Waals surface area contributed by atoms with Gasteiger partial charge in [0.15, 0.2) is 6.19 Å². The van der Waals surface area contributed by atoms with Crippen LogP contribution in [0.5, 0.6) is 0 Å². The fourth-order valence-electron chi connectivity index (χ4n) is 0.890. The van der Waals surface area contributed by atoms with Crippen LogP contribution in [0.4, 0.5) is 0 Å². The average molecular weight is 140 g/mol. The lowest BCUT2D eigenvalue weighted by atomic mass is 10.5. The van der Waals surface area contributed by atoms with Crippen LogP contribution >= 0.6 is 0 Å². The lowest BCUT2D eigenvalue weighted by Gasteiger charge is -2.12. The molecule has 0 aromatic rings. The van der Waals surface area contributed by atoms with E-state index >= 15 is 0 Å². The van der Waals surface area contributed by atoms with Crippen molar-refractivity contribution in [2.45, 2.75) is 18.9 Å². The molecule has 0 unspecified atom stereocenters. The normalized spacial score (nSPS) is 16.4. The molecule has 1 rings (SSSR count). The van der Waals surface area contributed by atoms with E-state index in [1.54, 1.807) is 12.0 Å². The van der Waals surface area contributed by atoms with E-state index in [0.717, 1.165) is 6.54 Å². The standard InChI is InChI=1S/C7H12N2O/c1-10-5-4-9(6-8)7-2-3-7/h7H,2-5H2,1H3. The Balaban J connectivity index is 2.15. The first-order valence-electron chi connectivity index (χ1n) is 3.54. The molecule has 0 N–H and O–H groups in total. The second-order valence-electron chi connectivity index (χ2n) is 2.52. The SMILES string of the molecule is COCCN(C#N)C1CC1. The van der Waals surface area contributed by atoms with E-state index in [4.69, 9.17) is 10.00 Å². The van der Waals surface area contributed by atoms with Gasteiger partial charge in [0.25, 0.3) is 0 Å². The van der Waals surface area contributed by atoms with E-state index in [2.05, 4.69) is 6.19 Å². The van der Waals surface area contributed by atoms with Gasteiger partial charge >= 0.3 is 0 Å². The van der Waals surface area contributed by atoms with Crippen molar-refractivity contribution in [3.8, 4) is 6.19 Å². The minimum atomic E-state index is 0.528. The highest BCUT2D eigenvalue weighted by Gasteiger charge is 2.27. The van der Waals surface area contributed by atoms with Gasteiger partial charge in [-0.15, -0.1) is 0 Å². The molecule has 0 aliphatic heterocycles. The third kappa shape index (κ3) is 1.89. The van der Waals surface area contributed by atoms with Crippen LogP contribution in [0.3, 0.4) is 0 Å². The van der Waals surface area contributed by atoms with Crippen molar-refractivity contribution >= 4 is 0 Å². The zero-order valence-corrected chi connectivity index (χ0v) is 6.21. The maximum atomic E-state index is 8.58. The molecule has 56 valence electrons. The molecule has 0 aromatic carbocycles. The van der Waals surface area contributed by atoms with Crippen LogP contribution in [0.15, 0.2) is 0 Å². The summed E-state index contributed by atoms with van der Waals surface area (Å²) in [4.78, 5) is 1.80. The Hall–Kier alpha value is -0.750. The lowest BCUT2D eigenvalue weighted by Crippen LogP contribution is -2.24. The summed E-state index contributed by atoms with van der Waals surface area (Å²) in [6.07, 6.45) is 4.51. The summed E-state index contributed by atoms with van der Waals surface area (Å²) in [5, 5.41) is 8.58. The van der Waals surface area contributed by atoms with Crippen molar-refractivity contribution < 1.29 is 4.74 Å². The van der Waals surface area contributed by atoms with Crippen LogP contribution in [0.1, 0.15) is 12.8 Å². The monoisotopic (exact) mass is 140 g/mol. The van der Waals surface area contributed by atoms with Gasteiger partial charge in [0.1, 0.15) is 0 Å². The van der Waals surface area contributed by atoms with E-state index in [1.165, 1.54) is 12.8 Å². The summed E-state index contributed by atoms with van der Waals surface area (Å²) < 4.78 is 4.86. The summed E-state index contributed by atoms with van der Waals surface area (Å²) in [6.45, 7) is 1.40. The van der Waals surface area contributed by atoms with E-state index in [-0.39, 0.29) is 0 Å². The van der Waals surface area contributed by atoms with E-state index in [1.807, 2.05) is 0 Å². The van der Waals surface area contributed by atoms with Gasteiger partial charge in [0, 0.05) is 13.2 Å². The molecule has 0 heterocycles. The predicted octanol–water partition coefficient (Wildman–Crippen LogP) is 0.578. The molecule has 0 amide bonds. The molecule has 1 aliphatic rings. The summed E-state index contributed by atoms with van der Waals surface area (Å²) in [5.41, 5.74) is 0. The van der Waals surface area contributed by atoms with Gasteiger partial charge in [-0.1, -0.05) is 0 Å². The molecule has 0 atom stereocenters. The minimum Gasteiger partial charge on any atom is -0.383 e. The molecule has 1 saturated carbocycles. The number of methoxy groups -OCH3 is 1. The Morgan fingerprint density at radius 3 is 2.80 bits per heavy atom. The molecule has 0 radical (unpaired) electrons. The smallest absolute Gasteiger partial charge is 0.179 e. The second-order valence-corrected chi connectivity index (χ2v) is 2.52. The van der Waals surface area contributed by atoms with Crippen molar-refractivity contribution in [2.75, 3.05) is 20.3 Å². The van der Waals surface area contributed by atoms with Crippen LogP contribution in [0.25, 0.3) is 0 Å². The Kier molecular flexibility index (Phi) is 2.52. The third-order valence-corrected chi connectivity index (χ3v) is 1.65. The molecular formula is C7H12N2O. The number of nitrogens with zero attached hydrogens (tertiary/aromatic N) is 2. The number of hydrogen-bond acceptors (Lipinski definition) is 3. The minimum absolute atomic E-state index is 0.528. The quantitative estimate of drug-likeness (QED) is 0.423. The predicted molar refractivity (Wildman–Crippen MR) is 37.2 cm³/mol. The molecular weight excluding hydrogens is 128 g/mol. The molecule has 0 bridgehead atoms. The molecule has 1 aliphatic carbocycles. The summed E-state index contributed by atoms with van der Waals surface area (Å²) in [7, 11) is 1.66. The van der Waals surface area contributed by atoms with Gasteiger partial charge in [0.05, 0.1) is 13.2 Å². The zero-order valence-electron chi connectivity index (χ0n) is 6.21. The highest BCUT2D eigenvalue weighted by atomic mass is 16.5. The van der Waals surface area contributed by atoms with Crippen LogP contribution in [0.2, 0.25) is 0 Å². The van der Waals surface area contributed by atoms with Crippen molar-refractivity contribution in [3.05, 3.63) is 0 Å². The molecule has 0 spiro atoms. The topological polar surface area (TPSA) is 36.3 Å². The van der Waals surface area contributed by atoms with Crippen LogP contribution in [0, 0.1) is 11.5 Å². The average Bonchev–Trinajstić information content (AvgIpc) is 2.73. The first-order valence-corrected chi connectivity index (χ1v) is 3.54. The Bertz CT molecular complexity index is 137. The van der Waals surface area contributed by atoms with Gasteiger partial charge in [-0.25, -0.2) is 0 Å². The molecule has 0 aromatic heterocycles. The Labute approximate surface area is 61.2 Å². The third-order valence-electron chi connectivity index (χ3n) is 1.65. The van der Waals surface area contributed by atoms with E-state index < -0.39 is 0 Å². The van der Waals surface area contributed by atoms with Crippen molar-refractivity contribution in [1.82, 2.24) is 4.90 Å². The number of ether oxygens (including phenoxy) is 1. The highest BCUT2D eigenvalue weighted by molar-refractivity contribution is 4.91. The molecule has 0 saturated heterocycles. The maximum absolute atomic E-state index is 8.58. The molecule has 3 heteroatoms. The van der Waals surface area contributed by atoms with Crippen LogP contribution < -0.4 is 0 Å². The van der Waals surface area contributed by atoms with Gasteiger partial charge < -0.3 is 9.64 Å². The van der Waals surface area contributed by atoms with Gasteiger partial charge in [-0.2, -0.15) is 5.26 Å². The van der Waals surface area contributed by atoms with Crippen LogP contribution in [-0.2, 0) is 4.74 Å². The molecule has 3 nitrogen and oxygen atoms in total. The maximum Gasteiger partial charge on any atom is 0.179 e. The van der Waals surface area contributed by atoms with Crippen LogP contribution in [-0.4, -0.2) is 31.2 Å². The number of rotatable bonds is 4. The van der Waals surface area contributed by atoms with Crippen molar-refractivity contribution in [3.63, 3.8) is 0 Å². The van der Waals surface area contributed by atoms with Gasteiger partial charge in [-0.05, 0) is 12.8 Å². The highest BCUT2D eigenvalue weighted by Crippen LogP contribution is 2.25. The Morgan fingerprint density at radius 2 is 2.40 bits per heavy atom. The second kappa shape index (κ2) is 3.43. The van der Waals surface area contributed by atoms with E-state index in [0.29, 0.717) is 12.6 Å². The fraction of sp³-hybridized carbons (Fsp3) is 0.857. The van der Waals surface area contributed by atoms with Crippen molar-refractivity contribution in [1.29, 1.82) is 5.26 Å². The number of nitriles is 1.